The molecule has 0 spiro atoms. The minimum atomic E-state index is 0.226. The molecule has 0 saturated carbocycles. The number of rotatable bonds is 2. The molecular formula is C10H10N2OS2. The summed E-state index contributed by atoms with van der Waals surface area (Å²) < 4.78 is 5.60. The van der Waals surface area contributed by atoms with Crippen molar-refractivity contribution in [2.45, 2.75) is 18.9 Å². The van der Waals surface area contributed by atoms with Crippen LogP contribution in [0.3, 0.4) is 0 Å². The molecule has 0 amide bonds. The van der Waals surface area contributed by atoms with Crippen molar-refractivity contribution in [1.82, 2.24) is 9.97 Å². The highest BCUT2D eigenvalue weighted by atomic mass is 32.1. The molecule has 5 heteroatoms. The summed E-state index contributed by atoms with van der Waals surface area (Å²) in [6.45, 7) is 0.872. The van der Waals surface area contributed by atoms with E-state index in [1.165, 1.54) is 0 Å². The predicted octanol–water partition coefficient (Wildman–Crippen LogP) is 3.12. The monoisotopic (exact) mass is 238 g/mol. The zero-order valence-electron chi connectivity index (χ0n) is 8.05. The molecule has 0 aliphatic carbocycles. The van der Waals surface area contributed by atoms with E-state index in [1.54, 1.807) is 22.7 Å². The van der Waals surface area contributed by atoms with Crippen LogP contribution < -0.4 is 0 Å². The van der Waals surface area contributed by atoms with Gasteiger partial charge < -0.3 is 4.74 Å². The van der Waals surface area contributed by atoms with Crippen LogP contribution in [0, 0.1) is 0 Å². The number of nitrogens with zero attached hydrogens (tertiary/aromatic N) is 2. The van der Waals surface area contributed by atoms with Crippen molar-refractivity contribution in [3.8, 4) is 10.7 Å². The molecular weight excluding hydrogens is 228 g/mol. The van der Waals surface area contributed by atoms with Gasteiger partial charge in [-0.25, -0.2) is 9.97 Å². The summed E-state index contributed by atoms with van der Waals surface area (Å²) in [7, 11) is 0. The first-order valence-corrected chi connectivity index (χ1v) is 6.66. The molecule has 3 heterocycles. The standard InChI is InChI=1S/C10H10N2OS2/c1-2-8(13-4-1)10-12-7(6-15-10)9-11-3-5-14-9/h3,5-6,8H,1-2,4H2. The summed E-state index contributed by atoms with van der Waals surface area (Å²) in [5, 5.41) is 6.13. The summed E-state index contributed by atoms with van der Waals surface area (Å²) in [6, 6.07) is 0. The Morgan fingerprint density at radius 2 is 2.40 bits per heavy atom. The van der Waals surface area contributed by atoms with Crippen molar-refractivity contribution < 1.29 is 4.74 Å². The largest absolute Gasteiger partial charge is 0.371 e. The number of thiazole rings is 2. The van der Waals surface area contributed by atoms with Crippen LogP contribution in [0.1, 0.15) is 24.0 Å². The van der Waals surface area contributed by atoms with Gasteiger partial charge in [-0.2, -0.15) is 0 Å². The first-order chi connectivity index (χ1) is 7.43. The van der Waals surface area contributed by atoms with Crippen LogP contribution in [0.15, 0.2) is 17.0 Å². The molecule has 0 aromatic carbocycles. The molecule has 1 atom stereocenters. The highest BCUT2D eigenvalue weighted by molar-refractivity contribution is 7.14. The van der Waals surface area contributed by atoms with Gasteiger partial charge in [-0.3, -0.25) is 0 Å². The number of ether oxygens (including phenoxy) is 1. The smallest absolute Gasteiger partial charge is 0.142 e. The fraction of sp³-hybridized carbons (Fsp3) is 0.400. The van der Waals surface area contributed by atoms with Gasteiger partial charge in [0, 0.05) is 23.6 Å². The van der Waals surface area contributed by atoms with E-state index in [9.17, 15) is 0 Å². The minimum Gasteiger partial charge on any atom is -0.371 e. The first kappa shape index (κ1) is 9.45. The van der Waals surface area contributed by atoms with E-state index < -0.39 is 0 Å². The van der Waals surface area contributed by atoms with Gasteiger partial charge in [0.15, 0.2) is 0 Å². The van der Waals surface area contributed by atoms with E-state index in [-0.39, 0.29) is 6.10 Å². The fourth-order valence-electron chi connectivity index (χ4n) is 1.66. The molecule has 2 aromatic rings. The third-order valence-corrected chi connectivity index (χ3v) is 4.11. The van der Waals surface area contributed by atoms with Crippen LogP contribution >= 0.6 is 22.7 Å². The van der Waals surface area contributed by atoms with E-state index in [0.717, 1.165) is 35.2 Å². The van der Waals surface area contributed by atoms with E-state index in [4.69, 9.17) is 4.74 Å². The maximum absolute atomic E-state index is 5.60. The van der Waals surface area contributed by atoms with Gasteiger partial charge in [-0.1, -0.05) is 0 Å². The summed E-state index contributed by atoms with van der Waals surface area (Å²) in [6.07, 6.45) is 4.29. The quantitative estimate of drug-likeness (QED) is 0.806. The van der Waals surface area contributed by atoms with Crippen LogP contribution in [0.5, 0.6) is 0 Å². The highest BCUT2D eigenvalue weighted by Crippen LogP contribution is 2.33. The van der Waals surface area contributed by atoms with Crippen molar-refractivity contribution >= 4 is 22.7 Å². The molecule has 1 unspecified atom stereocenters. The number of aromatic nitrogens is 2. The maximum atomic E-state index is 5.60. The molecule has 0 bridgehead atoms. The molecule has 3 rings (SSSR count). The lowest BCUT2D eigenvalue weighted by Crippen LogP contribution is -1.94. The topological polar surface area (TPSA) is 35.0 Å². The molecule has 0 radical (unpaired) electrons. The van der Waals surface area contributed by atoms with Crippen LogP contribution in [-0.4, -0.2) is 16.6 Å². The second-order valence-electron chi connectivity index (χ2n) is 3.41. The summed E-state index contributed by atoms with van der Waals surface area (Å²) in [5.41, 5.74) is 0.987. The Labute approximate surface area is 95.8 Å². The van der Waals surface area contributed by atoms with Crippen molar-refractivity contribution in [2.75, 3.05) is 6.61 Å². The minimum absolute atomic E-state index is 0.226. The second kappa shape index (κ2) is 4.00. The van der Waals surface area contributed by atoms with Crippen molar-refractivity contribution in [1.29, 1.82) is 0 Å². The zero-order valence-corrected chi connectivity index (χ0v) is 9.68. The van der Waals surface area contributed by atoms with Crippen molar-refractivity contribution in [3.63, 3.8) is 0 Å². The zero-order chi connectivity index (χ0) is 10.1. The van der Waals surface area contributed by atoms with Gasteiger partial charge in [0.25, 0.3) is 0 Å². The summed E-state index contributed by atoms with van der Waals surface area (Å²) in [5.74, 6) is 0. The van der Waals surface area contributed by atoms with Crippen molar-refractivity contribution in [2.24, 2.45) is 0 Å². The highest BCUT2D eigenvalue weighted by Gasteiger charge is 2.21. The van der Waals surface area contributed by atoms with E-state index >= 15 is 0 Å². The van der Waals surface area contributed by atoms with Gasteiger partial charge in [-0.15, -0.1) is 22.7 Å². The lowest BCUT2D eigenvalue weighted by molar-refractivity contribution is 0.112. The van der Waals surface area contributed by atoms with Crippen LogP contribution in [0.4, 0.5) is 0 Å². The molecule has 1 aliphatic rings. The molecule has 1 fully saturated rings. The molecule has 15 heavy (non-hydrogen) atoms. The third kappa shape index (κ3) is 1.82. The van der Waals surface area contributed by atoms with Gasteiger partial charge in [-0.05, 0) is 12.8 Å². The Balaban J connectivity index is 1.87. The van der Waals surface area contributed by atoms with E-state index in [0.29, 0.717) is 0 Å². The van der Waals surface area contributed by atoms with Gasteiger partial charge in [0.05, 0.1) is 0 Å². The maximum Gasteiger partial charge on any atom is 0.142 e. The Bertz CT molecular complexity index is 432. The first-order valence-electron chi connectivity index (χ1n) is 4.90. The Morgan fingerprint density at radius 3 is 3.13 bits per heavy atom. The number of hydrogen-bond acceptors (Lipinski definition) is 5. The third-order valence-electron chi connectivity index (χ3n) is 2.38. The van der Waals surface area contributed by atoms with Gasteiger partial charge in [0.1, 0.15) is 21.8 Å². The van der Waals surface area contributed by atoms with Gasteiger partial charge >= 0.3 is 0 Å². The Hall–Kier alpha value is -0.780. The van der Waals surface area contributed by atoms with Gasteiger partial charge in [0.2, 0.25) is 0 Å². The average molecular weight is 238 g/mol. The Morgan fingerprint density at radius 1 is 1.40 bits per heavy atom. The van der Waals surface area contributed by atoms with Crippen molar-refractivity contribution in [3.05, 3.63) is 22.0 Å². The lowest BCUT2D eigenvalue weighted by Gasteiger charge is -2.03. The normalized spacial score (nSPS) is 20.9. The summed E-state index contributed by atoms with van der Waals surface area (Å²) >= 11 is 3.30. The van der Waals surface area contributed by atoms with Crippen LogP contribution in [-0.2, 0) is 4.74 Å². The number of hydrogen-bond donors (Lipinski definition) is 0. The summed E-state index contributed by atoms with van der Waals surface area (Å²) in [4.78, 5) is 8.82. The molecule has 78 valence electrons. The lowest BCUT2D eigenvalue weighted by atomic mass is 10.2. The van der Waals surface area contributed by atoms with E-state index in [1.807, 2.05) is 11.6 Å². The average Bonchev–Trinajstić information content (AvgIpc) is 3.02. The Kier molecular flexibility index (Phi) is 2.52. The molecule has 2 aromatic heterocycles. The second-order valence-corrected chi connectivity index (χ2v) is 5.19. The SMILES string of the molecule is c1csc(-c2csc(C3CCCO3)n2)n1. The molecule has 1 saturated heterocycles. The van der Waals surface area contributed by atoms with Crippen LogP contribution in [0.25, 0.3) is 10.7 Å². The van der Waals surface area contributed by atoms with E-state index in [2.05, 4.69) is 15.3 Å². The fourth-order valence-corrected chi connectivity index (χ4v) is 3.21. The molecule has 3 nitrogen and oxygen atoms in total. The predicted molar refractivity (Wildman–Crippen MR) is 61.1 cm³/mol. The molecule has 0 N–H and O–H groups in total. The molecule has 1 aliphatic heterocycles. The van der Waals surface area contributed by atoms with Crippen LogP contribution in [0.2, 0.25) is 0 Å².